The fraction of sp³-hybridized carbons (Fsp3) is 0.562. The van der Waals surface area contributed by atoms with Gasteiger partial charge in [-0.1, -0.05) is 29.8 Å². The van der Waals surface area contributed by atoms with E-state index in [1.807, 2.05) is 12.1 Å². The van der Waals surface area contributed by atoms with E-state index in [4.69, 9.17) is 4.74 Å². The van der Waals surface area contributed by atoms with Crippen LogP contribution in [0.25, 0.3) is 0 Å². The van der Waals surface area contributed by atoms with E-state index >= 15 is 0 Å². The average molecular weight is 355 g/mol. The number of fused-ring (bicyclic) bond motifs is 1. The number of ether oxygens (including phenoxy) is 1. The number of carbonyl (C=O) groups is 1. The first kappa shape index (κ1) is 16.3. The Morgan fingerprint density at radius 3 is 2.90 bits per heavy atom. The third kappa shape index (κ3) is 4.20. The van der Waals surface area contributed by atoms with E-state index < -0.39 is 0 Å². The van der Waals surface area contributed by atoms with Gasteiger partial charge in [0.2, 0.25) is 5.91 Å². The number of halogens is 1. The van der Waals surface area contributed by atoms with Gasteiger partial charge in [0.15, 0.2) is 0 Å². The summed E-state index contributed by atoms with van der Waals surface area (Å²) in [5.74, 6) is 1.41. The molecule has 1 heterocycles. The van der Waals surface area contributed by atoms with Crippen LogP contribution in [0.2, 0.25) is 0 Å². The van der Waals surface area contributed by atoms with Gasteiger partial charge in [-0.2, -0.15) is 0 Å². The molecular formula is C16H23BrN2O2. The highest BCUT2D eigenvalue weighted by atomic mass is 79.9. The summed E-state index contributed by atoms with van der Waals surface area (Å²) in [4.78, 5) is 12.1. The first-order valence-corrected chi connectivity index (χ1v) is 8.20. The quantitative estimate of drug-likeness (QED) is 0.854. The predicted octanol–water partition coefficient (Wildman–Crippen LogP) is 3.02. The van der Waals surface area contributed by atoms with Crippen molar-refractivity contribution in [3.63, 3.8) is 0 Å². The second-order valence-corrected chi connectivity index (χ2v) is 6.75. The van der Waals surface area contributed by atoms with Crippen LogP contribution < -0.4 is 15.4 Å². The lowest BCUT2D eigenvalue weighted by Gasteiger charge is -2.30. The highest BCUT2D eigenvalue weighted by Gasteiger charge is 2.27. The number of likely N-dealkylation sites (N-methyl/N-ethyl adjacent to an activating group) is 1. The van der Waals surface area contributed by atoms with Gasteiger partial charge in [0, 0.05) is 29.5 Å². The van der Waals surface area contributed by atoms with Gasteiger partial charge in [-0.3, -0.25) is 10.1 Å². The molecule has 1 aliphatic heterocycles. The Balaban J connectivity index is 2.18. The largest absolute Gasteiger partial charge is 0.493 e. The molecule has 2 atom stereocenters. The third-order valence-electron chi connectivity index (χ3n) is 3.68. The van der Waals surface area contributed by atoms with Crippen molar-refractivity contribution >= 4 is 21.8 Å². The van der Waals surface area contributed by atoms with E-state index in [2.05, 4.69) is 46.5 Å². The molecule has 1 aromatic carbocycles. The van der Waals surface area contributed by atoms with E-state index in [0.29, 0.717) is 12.5 Å². The van der Waals surface area contributed by atoms with Gasteiger partial charge < -0.3 is 10.1 Å². The topological polar surface area (TPSA) is 50.4 Å². The highest BCUT2D eigenvalue weighted by molar-refractivity contribution is 9.10. The summed E-state index contributed by atoms with van der Waals surface area (Å²) in [6, 6.07) is 6.00. The Bertz CT molecular complexity index is 505. The fourth-order valence-corrected chi connectivity index (χ4v) is 3.06. The fourth-order valence-electron chi connectivity index (χ4n) is 2.68. The lowest BCUT2D eigenvalue weighted by molar-refractivity contribution is -0.123. The maximum atomic E-state index is 12.1. The molecule has 0 saturated heterocycles. The van der Waals surface area contributed by atoms with E-state index in [9.17, 15) is 4.79 Å². The number of nitrogens with one attached hydrogen (secondary N) is 2. The number of hydrogen-bond donors (Lipinski definition) is 2. The zero-order chi connectivity index (χ0) is 15.4. The monoisotopic (exact) mass is 354 g/mol. The molecule has 116 valence electrons. The maximum absolute atomic E-state index is 12.1. The molecule has 0 radical (unpaired) electrons. The molecule has 0 bridgehead atoms. The number of rotatable bonds is 5. The Kier molecular flexibility index (Phi) is 5.65. The van der Waals surface area contributed by atoms with Crippen LogP contribution in [0.1, 0.15) is 38.3 Å². The second-order valence-electron chi connectivity index (χ2n) is 5.83. The van der Waals surface area contributed by atoms with Gasteiger partial charge in [0.25, 0.3) is 0 Å². The first-order chi connectivity index (χ1) is 10.0. The van der Waals surface area contributed by atoms with E-state index in [0.717, 1.165) is 28.6 Å². The Morgan fingerprint density at radius 1 is 1.48 bits per heavy atom. The standard InChI is InChI=1S/C16H23BrN2O2/c1-10(2)8-14(16(20)18-3)19-13-6-7-21-15-5-4-11(17)9-12(13)15/h4-5,9-10,13-14,19H,6-8H2,1-3H3,(H,18,20). The molecule has 5 heteroatoms. The van der Waals surface area contributed by atoms with Crippen LogP contribution in [0.15, 0.2) is 22.7 Å². The summed E-state index contributed by atoms with van der Waals surface area (Å²) >= 11 is 3.50. The van der Waals surface area contributed by atoms with Crippen LogP contribution in [-0.4, -0.2) is 25.6 Å². The lowest BCUT2D eigenvalue weighted by atomic mass is 9.97. The molecule has 0 aliphatic carbocycles. The number of carbonyl (C=O) groups excluding carboxylic acids is 1. The minimum absolute atomic E-state index is 0.0479. The van der Waals surface area contributed by atoms with Crippen LogP contribution >= 0.6 is 15.9 Å². The number of amides is 1. The molecule has 0 aromatic heterocycles. The van der Waals surface area contributed by atoms with Crippen LogP contribution in [0.3, 0.4) is 0 Å². The van der Waals surface area contributed by atoms with Crippen molar-refractivity contribution in [3.05, 3.63) is 28.2 Å². The predicted molar refractivity (Wildman–Crippen MR) is 87.4 cm³/mol. The van der Waals surface area contributed by atoms with E-state index in [1.54, 1.807) is 7.05 Å². The van der Waals surface area contributed by atoms with Gasteiger partial charge in [0.1, 0.15) is 5.75 Å². The molecule has 2 rings (SSSR count). The second kappa shape index (κ2) is 7.27. The molecule has 4 nitrogen and oxygen atoms in total. The van der Waals surface area contributed by atoms with Crippen LogP contribution in [0.5, 0.6) is 5.75 Å². The summed E-state index contributed by atoms with van der Waals surface area (Å²) < 4.78 is 6.72. The number of benzene rings is 1. The Morgan fingerprint density at radius 2 is 2.24 bits per heavy atom. The van der Waals surface area contributed by atoms with Gasteiger partial charge in [-0.05, 0) is 30.5 Å². The van der Waals surface area contributed by atoms with Crippen molar-refractivity contribution in [1.82, 2.24) is 10.6 Å². The van der Waals surface area contributed by atoms with Crippen LogP contribution in [-0.2, 0) is 4.79 Å². The van der Waals surface area contributed by atoms with E-state index in [1.165, 1.54) is 0 Å². The molecule has 0 saturated carbocycles. The van der Waals surface area contributed by atoms with Crippen LogP contribution in [0.4, 0.5) is 0 Å². The zero-order valence-corrected chi connectivity index (χ0v) is 14.4. The summed E-state index contributed by atoms with van der Waals surface area (Å²) in [5, 5.41) is 6.26. The summed E-state index contributed by atoms with van der Waals surface area (Å²) in [7, 11) is 1.69. The van der Waals surface area contributed by atoms with Crippen molar-refractivity contribution in [2.45, 2.75) is 38.8 Å². The first-order valence-electron chi connectivity index (χ1n) is 7.41. The molecule has 1 amide bonds. The molecular weight excluding hydrogens is 332 g/mol. The molecule has 2 N–H and O–H groups in total. The lowest BCUT2D eigenvalue weighted by Crippen LogP contribution is -2.46. The highest BCUT2D eigenvalue weighted by Crippen LogP contribution is 2.34. The van der Waals surface area contributed by atoms with Gasteiger partial charge in [-0.15, -0.1) is 0 Å². The summed E-state index contributed by atoms with van der Waals surface area (Å²) in [6.07, 6.45) is 1.69. The average Bonchev–Trinajstić information content (AvgIpc) is 2.45. The molecule has 21 heavy (non-hydrogen) atoms. The zero-order valence-electron chi connectivity index (χ0n) is 12.8. The Hall–Kier alpha value is -1.07. The van der Waals surface area contributed by atoms with Crippen molar-refractivity contribution in [2.24, 2.45) is 5.92 Å². The smallest absolute Gasteiger partial charge is 0.236 e. The van der Waals surface area contributed by atoms with E-state index in [-0.39, 0.29) is 18.0 Å². The molecule has 2 unspecified atom stereocenters. The van der Waals surface area contributed by atoms with Crippen LogP contribution in [0, 0.1) is 5.92 Å². The molecule has 0 fully saturated rings. The molecule has 1 aliphatic rings. The van der Waals surface area contributed by atoms with Crippen molar-refractivity contribution < 1.29 is 9.53 Å². The third-order valence-corrected chi connectivity index (χ3v) is 4.18. The SMILES string of the molecule is CNC(=O)C(CC(C)C)NC1CCOc2ccc(Br)cc21. The van der Waals surface area contributed by atoms with Crippen molar-refractivity contribution in [3.8, 4) is 5.75 Å². The van der Waals surface area contributed by atoms with Crippen molar-refractivity contribution in [2.75, 3.05) is 13.7 Å². The minimum atomic E-state index is -0.176. The Labute approximate surface area is 134 Å². The molecule has 1 aromatic rings. The van der Waals surface area contributed by atoms with Gasteiger partial charge in [-0.25, -0.2) is 0 Å². The molecule has 0 spiro atoms. The van der Waals surface area contributed by atoms with Gasteiger partial charge in [0.05, 0.1) is 12.6 Å². The van der Waals surface area contributed by atoms with Crippen molar-refractivity contribution in [1.29, 1.82) is 0 Å². The summed E-state index contributed by atoms with van der Waals surface area (Å²) in [5.41, 5.74) is 1.12. The minimum Gasteiger partial charge on any atom is -0.493 e. The maximum Gasteiger partial charge on any atom is 0.236 e. The summed E-state index contributed by atoms with van der Waals surface area (Å²) in [6.45, 7) is 4.94. The van der Waals surface area contributed by atoms with Gasteiger partial charge >= 0.3 is 0 Å². The number of hydrogen-bond acceptors (Lipinski definition) is 3. The normalized spacial score (nSPS) is 18.8.